The van der Waals surface area contributed by atoms with Crippen LogP contribution in [0.15, 0.2) is 18.2 Å². The molecule has 0 bridgehead atoms. The van der Waals surface area contributed by atoms with Crippen LogP contribution in [0.25, 0.3) is 0 Å². The third-order valence-electron chi connectivity index (χ3n) is 1.29. The topological polar surface area (TPSA) is 21.3 Å². The van der Waals surface area contributed by atoms with Crippen LogP contribution in [0.3, 0.4) is 0 Å². The van der Waals surface area contributed by atoms with E-state index in [1.165, 1.54) is 0 Å². The van der Waals surface area contributed by atoms with Crippen molar-refractivity contribution in [3.05, 3.63) is 24.3 Å². The number of hydrogen-bond donors (Lipinski definition) is 1. The minimum atomic E-state index is 0.579. The minimum Gasteiger partial charge on any atom is -0.471 e. The molecule has 0 saturated carbocycles. The molecule has 0 amide bonds. The molecule has 0 saturated heterocycles. The van der Waals surface area contributed by atoms with E-state index >= 15 is 0 Å². The Morgan fingerprint density at radius 2 is 2.67 bits per heavy atom. The van der Waals surface area contributed by atoms with E-state index < -0.39 is 0 Å². The van der Waals surface area contributed by atoms with Crippen LogP contribution < -0.4 is 10.1 Å². The molecule has 1 aliphatic rings. The van der Waals surface area contributed by atoms with Crippen LogP contribution in [0.1, 0.15) is 0 Å². The van der Waals surface area contributed by atoms with Crippen LogP contribution in [-0.2, 0) is 0 Å². The molecule has 0 spiro atoms. The summed E-state index contributed by atoms with van der Waals surface area (Å²) in [6.07, 6.45) is 0. The van der Waals surface area contributed by atoms with Crippen molar-refractivity contribution < 1.29 is 4.74 Å². The van der Waals surface area contributed by atoms with Gasteiger partial charge in [-0.15, -0.1) is 0 Å². The van der Waals surface area contributed by atoms with Gasteiger partial charge in [-0.2, -0.15) is 0 Å². The molecule has 2 nitrogen and oxygen atoms in total. The first-order valence-electron chi connectivity index (χ1n) is 2.84. The Balaban J connectivity index is 2.54. The Labute approximate surface area is 53.5 Å². The number of benzene rings is 1. The lowest BCUT2D eigenvalue weighted by molar-refractivity contribution is 0.372. The predicted molar refractivity (Wildman–Crippen MR) is 34.4 cm³/mol. The van der Waals surface area contributed by atoms with Gasteiger partial charge in [-0.1, -0.05) is 12.1 Å². The van der Waals surface area contributed by atoms with Crippen LogP contribution in [0.5, 0.6) is 5.75 Å². The average Bonchev–Trinajstić information content (AvgIpc) is 2.33. The van der Waals surface area contributed by atoms with Gasteiger partial charge in [-0.05, 0) is 6.07 Å². The molecule has 0 unspecified atom stereocenters. The molecular formula is C7H6NO. The van der Waals surface area contributed by atoms with E-state index in [0.29, 0.717) is 6.73 Å². The van der Waals surface area contributed by atoms with Crippen molar-refractivity contribution in [2.75, 3.05) is 12.0 Å². The van der Waals surface area contributed by atoms with Gasteiger partial charge in [0.05, 0.1) is 5.69 Å². The van der Waals surface area contributed by atoms with Crippen molar-refractivity contribution in [3.63, 3.8) is 0 Å². The molecule has 1 aliphatic heterocycles. The van der Waals surface area contributed by atoms with Crippen molar-refractivity contribution >= 4 is 5.69 Å². The molecule has 45 valence electrons. The number of anilines is 1. The molecule has 1 heterocycles. The zero-order chi connectivity index (χ0) is 6.10. The Bertz CT molecular complexity index is 199. The van der Waals surface area contributed by atoms with E-state index in [-0.39, 0.29) is 0 Å². The monoisotopic (exact) mass is 120 g/mol. The van der Waals surface area contributed by atoms with Gasteiger partial charge in [0.15, 0.2) is 6.73 Å². The minimum absolute atomic E-state index is 0.579. The number of para-hydroxylation sites is 1. The number of nitrogens with one attached hydrogen (secondary N) is 1. The van der Waals surface area contributed by atoms with E-state index in [2.05, 4.69) is 11.4 Å². The second-order valence-electron chi connectivity index (χ2n) is 1.87. The predicted octanol–water partition coefficient (Wildman–Crippen LogP) is 1.25. The SMILES string of the molecule is [c]1cccc2c1NCO2. The lowest BCUT2D eigenvalue weighted by atomic mass is 10.3. The third-order valence-corrected chi connectivity index (χ3v) is 1.29. The Morgan fingerprint density at radius 1 is 1.67 bits per heavy atom. The fraction of sp³-hybridized carbons (Fsp3) is 0.143. The average molecular weight is 120 g/mol. The first kappa shape index (κ1) is 4.68. The van der Waals surface area contributed by atoms with Crippen LogP contribution in [-0.4, -0.2) is 6.73 Å². The summed E-state index contributed by atoms with van der Waals surface area (Å²) in [5, 5.41) is 3.02. The van der Waals surface area contributed by atoms with E-state index in [9.17, 15) is 0 Å². The van der Waals surface area contributed by atoms with Gasteiger partial charge >= 0.3 is 0 Å². The van der Waals surface area contributed by atoms with Crippen molar-refractivity contribution in [1.82, 2.24) is 0 Å². The van der Waals surface area contributed by atoms with Gasteiger partial charge in [0.1, 0.15) is 5.75 Å². The smallest absolute Gasteiger partial charge is 0.159 e. The summed E-state index contributed by atoms with van der Waals surface area (Å²) in [6, 6.07) is 8.71. The summed E-state index contributed by atoms with van der Waals surface area (Å²) in [5.41, 5.74) is 0.970. The van der Waals surface area contributed by atoms with Crippen LogP contribution in [0, 0.1) is 6.07 Å². The molecule has 0 aliphatic carbocycles. The van der Waals surface area contributed by atoms with Gasteiger partial charge in [0.25, 0.3) is 0 Å². The van der Waals surface area contributed by atoms with Crippen LogP contribution in [0.4, 0.5) is 5.69 Å². The molecule has 1 N–H and O–H groups in total. The van der Waals surface area contributed by atoms with E-state index in [4.69, 9.17) is 4.74 Å². The Morgan fingerprint density at radius 3 is 3.56 bits per heavy atom. The maximum Gasteiger partial charge on any atom is 0.159 e. The maximum atomic E-state index is 5.16. The van der Waals surface area contributed by atoms with E-state index in [0.717, 1.165) is 11.4 Å². The molecule has 1 aromatic rings. The normalized spacial score (nSPS) is 13.8. The Hall–Kier alpha value is -1.18. The second kappa shape index (κ2) is 1.65. The first-order chi connectivity index (χ1) is 4.47. The summed E-state index contributed by atoms with van der Waals surface area (Å²) >= 11 is 0. The number of ether oxygens (including phenoxy) is 1. The second-order valence-corrected chi connectivity index (χ2v) is 1.87. The highest BCUT2D eigenvalue weighted by molar-refractivity contribution is 5.57. The fourth-order valence-electron chi connectivity index (χ4n) is 0.866. The van der Waals surface area contributed by atoms with Crippen molar-refractivity contribution in [2.45, 2.75) is 0 Å². The lowest BCUT2D eigenvalue weighted by Crippen LogP contribution is -1.96. The molecule has 0 fully saturated rings. The molecular weight excluding hydrogens is 114 g/mol. The van der Waals surface area contributed by atoms with Crippen molar-refractivity contribution in [2.24, 2.45) is 0 Å². The van der Waals surface area contributed by atoms with E-state index in [1.54, 1.807) is 0 Å². The standard InChI is InChI=1S/C7H6NO/c1-2-4-7-6(3-1)8-5-9-7/h1-2,4,8H,5H2. The summed E-state index contributed by atoms with van der Waals surface area (Å²) in [7, 11) is 0. The van der Waals surface area contributed by atoms with Crippen LogP contribution in [0.2, 0.25) is 0 Å². The largest absolute Gasteiger partial charge is 0.471 e. The molecule has 0 aromatic heterocycles. The summed E-state index contributed by atoms with van der Waals surface area (Å²) in [5.74, 6) is 0.900. The highest BCUT2D eigenvalue weighted by Crippen LogP contribution is 2.26. The molecule has 1 radical (unpaired) electrons. The zero-order valence-corrected chi connectivity index (χ0v) is 4.85. The molecule has 1 aromatic carbocycles. The van der Waals surface area contributed by atoms with Gasteiger partial charge in [0, 0.05) is 6.07 Å². The quantitative estimate of drug-likeness (QED) is 0.556. The lowest BCUT2D eigenvalue weighted by Gasteiger charge is -1.91. The molecule has 9 heavy (non-hydrogen) atoms. The zero-order valence-electron chi connectivity index (χ0n) is 4.85. The van der Waals surface area contributed by atoms with Crippen molar-refractivity contribution in [3.8, 4) is 5.75 Å². The summed E-state index contributed by atoms with van der Waals surface area (Å²) < 4.78 is 5.16. The number of fused-ring (bicyclic) bond motifs is 1. The van der Waals surface area contributed by atoms with Gasteiger partial charge < -0.3 is 10.1 Å². The number of rotatable bonds is 0. The number of hydrogen-bond acceptors (Lipinski definition) is 2. The van der Waals surface area contributed by atoms with Crippen LogP contribution >= 0.6 is 0 Å². The molecule has 0 atom stereocenters. The van der Waals surface area contributed by atoms with Gasteiger partial charge in [0.2, 0.25) is 0 Å². The third kappa shape index (κ3) is 0.633. The highest BCUT2D eigenvalue weighted by atomic mass is 16.5. The maximum absolute atomic E-state index is 5.16. The summed E-state index contributed by atoms with van der Waals surface area (Å²) in [6.45, 7) is 0.579. The van der Waals surface area contributed by atoms with Gasteiger partial charge in [-0.3, -0.25) is 0 Å². The molecule has 2 heteroatoms. The Kier molecular flexibility index (Phi) is 0.859. The van der Waals surface area contributed by atoms with Crippen molar-refractivity contribution in [1.29, 1.82) is 0 Å². The fourth-order valence-corrected chi connectivity index (χ4v) is 0.866. The summed E-state index contributed by atoms with van der Waals surface area (Å²) in [4.78, 5) is 0. The first-order valence-corrected chi connectivity index (χ1v) is 2.84. The van der Waals surface area contributed by atoms with E-state index in [1.807, 2.05) is 18.2 Å². The molecule has 2 rings (SSSR count). The highest BCUT2D eigenvalue weighted by Gasteiger charge is 2.07. The van der Waals surface area contributed by atoms with Gasteiger partial charge in [-0.25, -0.2) is 0 Å².